The Morgan fingerprint density at radius 3 is 2.29 bits per heavy atom. The normalized spacial score (nSPS) is 9.64. The van der Waals surface area contributed by atoms with Gasteiger partial charge in [0.1, 0.15) is 0 Å². The van der Waals surface area contributed by atoms with Crippen molar-refractivity contribution in [1.82, 2.24) is 0 Å². The lowest BCUT2D eigenvalue weighted by Gasteiger charge is -2.12. The summed E-state index contributed by atoms with van der Waals surface area (Å²) in [6.45, 7) is 2.03. The van der Waals surface area contributed by atoms with E-state index in [2.05, 4.69) is 0 Å². The Balaban J connectivity index is 3.35. The van der Waals surface area contributed by atoms with Crippen LogP contribution in [0.3, 0.4) is 0 Å². The van der Waals surface area contributed by atoms with Gasteiger partial charge in [0.2, 0.25) is 0 Å². The maximum absolute atomic E-state index is 10.7. The highest BCUT2D eigenvalue weighted by atomic mass is 16.5. The molecule has 3 nitrogen and oxygen atoms in total. The molecule has 0 atom stereocenters. The van der Waals surface area contributed by atoms with Gasteiger partial charge < -0.3 is 9.47 Å². The second-order valence-electron chi connectivity index (χ2n) is 2.85. The highest BCUT2D eigenvalue weighted by molar-refractivity contribution is 5.81. The fourth-order valence-corrected chi connectivity index (χ4v) is 1.42. The van der Waals surface area contributed by atoms with Crippen LogP contribution in [0.15, 0.2) is 12.1 Å². The molecule has 0 heterocycles. The third-order valence-electron chi connectivity index (χ3n) is 2.14. The first-order chi connectivity index (χ1) is 6.78. The molecule has 0 aliphatic heterocycles. The minimum absolute atomic E-state index is 0.515. The maximum atomic E-state index is 10.7. The predicted octanol–water partition coefficient (Wildman–Crippen LogP) is 2.08. The van der Waals surface area contributed by atoms with Crippen LogP contribution < -0.4 is 9.47 Å². The average molecular weight is 194 g/mol. The number of carbonyl (C=O) groups excluding carboxylic acids is 1. The molecule has 0 amide bonds. The van der Waals surface area contributed by atoms with Crippen LogP contribution >= 0.6 is 0 Å². The van der Waals surface area contributed by atoms with Gasteiger partial charge in [0.05, 0.1) is 19.8 Å². The van der Waals surface area contributed by atoms with E-state index in [1.807, 2.05) is 13.0 Å². The van der Waals surface area contributed by atoms with Crippen LogP contribution in [0.2, 0.25) is 0 Å². The predicted molar refractivity (Wildman–Crippen MR) is 54.3 cm³/mol. The molecule has 0 fully saturated rings. The zero-order chi connectivity index (χ0) is 10.6. The molecule has 0 aliphatic rings. The van der Waals surface area contributed by atoms with Crippen LogP contribution in [-0.2, 0) is 6.42 Å². The fraction of sp³-hybridized carbons (Fsp3) is 0.364. The molecule has 1 rings (SSSR count). The van der Waals surface area contributed by atoms with Crippen molar-refractivity contribution in [3.05, 3.63) is 23.3 Å². The van der Waals surface area contributed by atoms with E-state index in [0.717, 1.165) is 18.3 Å². The van der Waals surface area contributed by atoms with E-state index in [4.69, 9.17) is 9.47 Å². The van der Waals surface area contributed by atoms with Crippen molar-refractivity contribution < 1.29 is 14.3 Å². The molecule has 3 heteroatoms. The lowest BCUT2D eigenvalue weighted by atomic mass is 10.1. The van der Waals surface area contributed by atoms with Crippen molar-refractivity contribution in [2.45, 2.75) is 13.3 Å². The third-order valence-corrected chi connectivity index (χ3v) is 2.14. The molecule has 14 heavy (non-hydrogen) atoms. The minimum atomic E-state index is 0.515. The summed E-state index contributed by atoms with van der Waals surface area (Å²) in [5.74, 6) is 1.17. The summed E-state index contributed by atoms with van der Waals surface area (Å²) in [6.07, 6.45) is 1.61. The lowest BCUT2D eigenvalue weighted by Crippen LogP contribution is -1.98. The summed E-state index contributed by atoms with van der Waals surface area (Å²) in [7, 11) is 3.11. The number of rotatable bonds is 4. The van der Waals surface area contributed by atoms with Crippen LogP contribution in [0.1, 0.15) is 22.8 Å². The van der Waals surface area contributed by atoms with Gasteiger partial charge in [-0.3, -0.25) is 4.79 Å². The molecular formula is C11H14O3. The molecule has 0 saturated carbocycles. The Bertz CT molecular complexity index is 332. The van der Waals surface area contributed by atoms with E-state index in [1.54, 1.807) is 13.2 Å². The van der Waals surface area contributed by atoms with Gasteiger partial charge >= 0.3 is 0 Å². The van der Waals surface area contributed by atoms with Crippen LogP contribution in [0, 0.1) is 0 Å². The molecular weight excluding hydrogens is 180 g/mol. The highest BCUT2D eigenvalue weighted by Gasteiger charge is 2.12. The smallest absolute Gasteiger partial charge is 0.171 e. The standard InChI is InChI=1S/C11H14O3/c1-4-8-5-6-9(7-12)11(14-3)10(8)13-2/h5-7H,4H2,1-3H3. The average Bonchev–Trinajstić information content (AvgIpc) is 2.26. The van der Waals surface area contributed by atoms with Crippen molar-refractivity contribution in [3.63, 3.8) is 0 Å². The van der Waals surface area contributed by atoms with E-state index in [1.165, 1.54) is 7.11 Å². The zero-order valence-corrected chi connectivity index (χ0v) is 8.66. The van der Waals surface area contributed by atoms with Gasteiger partial charge in [0.25, 0.3) is 0 Å². The molecule has 0 radical (unpaired) electrons. The first-order valence-corrected chi connectivity index (χ1v) is 4.47. The minimum Gasteiger partial charge on any atom is -0.493 e. The van der Waals surface area contributed by atoms with Gasteiger partial charge in [0, 0.05) is 0 Å². The van der Waals surface area contributed by atoms with Crippen LogP contribution in [0.25, 0.3) is 0 Å². The first kappa shape index (κ1) is 10.6. The second-order valence-corrected chi connectivity index (χ2v) is 2.85. The lowest BCUT2D eigenvalue weighted by molar-refractivity contribution is 0.112. The Morgan fingerprint density at radius 2 is 1.86 bits per heavy atom. The molecule has 0 bridgehead atoms. The topological polar surface area (TPSA) is 35.5 Å². The van der Waals surface area contributed by atoms with Crippen molar-refractivity contribution in [2.75, 3.05) is 14.2 Å². The van der Waals surface area contributed by atoms with Gasteiger partial charge in [-0.25, -0.2) is 0 Å². The van der Waals surface area contributed by atoms with Crippen molar-refractivity contribution in [2.24, 2.45) is 0 Å². The number of methoxy groups -OCH3 is 2. The van der Waals surface area contributed by atoms with Crippen molar-refractivity contribution in [3.8, 4) is 11.5 Å². The molecule has 1 aromatic carbocycles. The number of aldehydes is 1. The zero-order valence-electron chi connectivity index (χ0n) is 8.66. The monoisotopic (exact) mass is 194 g/mol. The highest BCUT2D eigenvalue weighted by Crippen LogP contribution is 2.33. The summed E-state index contributed by atoms with van der Waals surface area (Å²) in [5.41, 5.74) is 1.55. The summed E-state index contributed by atoms with van der Waals surface area (Å²) in [6, 6.07) is 3.62. The van der Waals surface area contributed by atoms with E-state index >= 15 is 0 Å². The van der Waals surface area contributed by atoms with Crippen molar-refractivity contribution >= 4 is 6.29 Å². The maximum Gasteiger partial charge on any atom is 0.171 e. The Labute approximate surface area is 83.6 Å². The van der Waals surface area contributed by atoms with Gasteiger partial charge in [-0.1, -0.05) is 13.0 Å². The third kappa shape index (κ3) is 1.71. The van der Waals surface area contributed by atoms with Crippen LogP contribution in [0.5, 0.6) is 11.5 Å². The molecule has 1 aromatic rings. The number of carbonyl (C=O) groups is 1. The first-order valence-electron chi connectivity index (χ1n) is 4.47. The summed E-state index contributed by atoms with van der Waals surface area (Å²) >= 11 is 0. The number of aryl methyl sites for hydroxylation is 1. The molecule has 0 aromatic heterocycles. The van der Waals surface area contributed by atoms with E-state index < -0.39 is 0 Å². The summed E-state index contributed by atoms with van der Waals surface area (Å²) in [5, 5.41) is 0. The van der Waals surface area contributed by atoms with E-state index in [0.29, 0.717) is 17.1 Å². The van der Waals surface area contributed by atoms with Crippen LogP contribution in [0.4, 0.5) is 0 Å². The van der Waals surface area contributed by atoms with Gasteiger partial charge in [0.15, 0.2) is 17.8 Å². The molecule has 0 aliphatic carbocycles. The molecule has 0 unspecified atom stereocenters. The van der Waals surface area contributed by atoms with Gasteiger partial charge in [-0.05, 0) is 18.1 Å². The number of hydrogen-bond acceptors (Lipinski definition) is 3. The van der Waals surface area contributed by atoms with E-state index in [9.17, 15) is 4.79 Å². The molecule has 0 spiro atoms. The summed E-state index contributed by atoms with van der Waals surface area (Å²) in [4.78, 5) is 10.7. The number of benzene rings is 1. The second kappa shape index (κ2) is 4.65. The summed E-state index contributed by atoms with van der Waals surface area (Å²) < 4.78 is 10.4. The van der Waals surface area contributed by atoms with Crippen molar-refractivity contribution in [1.29, 1.82) is 0 Å². The van der Waals surface area contributed by atoms with E-state index in [-0.39, 0.29) is 0 Å². The Kier molecular flexibility index (Phi) is 3.51. The van der Waals surface area contributed by atoms with Crippen LogP contribution in [-0.4, -0.2) is 20.5 Å². The van der Waals surface area contributed by atoms with Gasteiger partial charge in [-0.15, -0.1) is 0 Å². The molecule has 0 saturated heterocycles. The quantitative estimate of drug-likeness (QED) is 0.688. The fourth-order valence-electron chi connectivity index (χ4n) is 1.42. The molecule has 76 valence electrons. The SMILES string of the molecule is CCc1ccc(C=O)c(OC)c1OC. The Morgan fingerprint density at radius 1 is 1.21 bits per heavy atom. The Hall–Kier alpha value is -1.51. The number of ether oxygens (including phenoxy) is 2. The number of hydrogen-bond donors (Lipinski definition) is 0. The largest absolute Gasteiger partial charge is 0.493 e. The van der Waals surface area contributed by atoms with Gasteiger partial charge in [-0.2, -0.15) is 0 Å². The molecule has 0 N–H and O–H groups in total.